The fraction of sp³-hybridized carbons (Fsp3) is 0.440. The molecule has 3 atom stereocenters. The Labute approximate surface area is 213 Å². The number of non-ortho nitro benzene ring substituents is 1. The van der Waals surface area contributed by atoms with Crippen molar-refractivity contribution in [3.8, 4) is 5.75 Å². The van der Waals surface area contributed by atoms with E-state index in [1.54, 1.807) is 31.0 Å². The molecule has 0 aromatic heterocycles. The van der Waals surface area contributed by atoms with E-state index in [1.165, 1.54) is 17.0 Å². The topological polar surface area (TPSA) is 123 Å². The number of ether oxygens (including phenoxy) is 2. The van der Waals surface area contributed by atoms with Gasteiger partial charge in [-0.3, -0.25) is 19.8 Å². The van der Waals surface area contributed by atoms with Gasteiger partial charge in [0, 0.05) is 42.3 Å². The van der Waals surface area contributed by atoms with Crippen LogP contribution in [0, 0.1) is 10.1 Å². The van der Waals surface area contributed by atoms with Crippen LogP contribution in [0.5, 0.6) is 5.75 Å². The van der Waals surface area contributed by atoms with Gasteiger partial charge in [-0.25, -0.2) is 4.79 Å². The Bertz CT molecular complexity index is 1060. The van der Waals surface area contributed by atoms with Crippen molar-refractivity contribution in [1.29, 1.82) is 0 Å². The number of likely N-dealkylation sites (tertiary alicyclic amines) is 1. The second-order valence-electron chi connectivity index (χ2n) is 8.86. The van der Waals surface area contributed by atoms with Gasteiger partial charge in [-0.15, -0.1) is 0 Å². The van der Waals surface area contributed by atoms with Gasteiger partial charge in [0.25, 0.3) is 5.69 Å². The average Bonchev–Trinajstić information content (AvgIpc) is 3.57. The van der Waals surface area contributed by atoms with Gasteiger partial charge in [-0.1, -0.05) is 12.1 Å². The van der Waals surface area contributed by atoms with E-state index >= 15 is 0 Å². The molecule has 11 heteroatoms. The first-order valence-corrected chi connectivity index (χ1v) is 12.9. The van der Waals surface area contributed by atoms with Crippen LogP contribution in [0.1, 0.15) is 24.0 Å². The Morgan fingerprint density at radius 2 is 1.89 bits per heavy atom. The molecule has 10 nitrogen and oxygen atoms in total. The molecule has 2 fully saturated rings. The SMILES string of the molecule is COc1ccc(CS[C@H]2C[C@@H](C(=O)N[C@@H]3CCNC3)N(C(=O)OCc3ccc([N+](=O)[O-])cc3)C2)cc1. The summed E-state index contributed by atoms with van der Waals surface area (Å²) in [7, 11) is 1.63. The maximum Gasteiger partial charge on any atom is 0.410 e. The third-order valence-corrected chi connectivity index (χ3v) is 7.67. The smallest absolute Gasteiger partial charge is 0.410 e. The molecule has 2 aliphatic rings. The number of nitrogens with zero attached hydrogens (tertiary/aromatic N) is 2. The summed E-state index contributed by atoms with van der Waals surface area (Å²) in [5.41, 5.74) is 1.74. The van der Waals surface area contributed by atoms with E-state index in [4.69, 9.17) is 9.47 Å². The van der Waals surface area contributed by atoms with Gasteiger partial charge in [-0.05, 0) is 54.8 Å². The molecular formula is C25H30N4O6S. The second-order valence-corrected chi connectivity index (χ2v) is 10.2. The third-order valence-electron chi connectivity index (χ3n) is 6.36. The first kappa shape index (κ1) is 25.8. The summed E-state index contributed by atoms with van der Waals surface area (Å²) in [5.74, 6) is 1.38. The lowest BCUT2D eigenvalue weighted by molar-refractivity contribution is -0.384. The summed E-state index contributed by atoms with van der Waals surface area (Å²) >= 11 is 1.71. The van der Waals surface area contributed by atoms with Crippen LogP contribution in [-0.2, 0) is 21.9 Å². The molecule has 2 aromatic rings. The lowest BCUT2D eigenvalue weighted by atomic mass is 10.1. The van der Waals surface area contributed by atoms with Gasteiger partial charge >= 0.3 is 6.09 Å². The lowest BCUT2D eigenvalue weighted by Gasteiger charge is -2.24. The number of amides is 2. The van der Waals surface area contributed by atoms with Crippen LogP contribution < -0.4 is 15.4 Å². The molecule has 0 radical (unpaired) electrons. The first-order valence-electron chi connectivity index (χ1n) is 11.9. The fourth-order valence-electron chi connectivity index (χ4n) is 4.32. The number of methoxy groups -OCH3 is 1. The molecule has 0 aliphatic carbocycles. The van der Waals surface area contributed by atoms with Crippen molar-refractivity contribution < 1.29 is 24.0 Å². The molecule has 0 unspecified atom stereocenters. The molecule has 2 aliphatic heterocycles. The highest BCUT2D eigenvalue weighted by atomic mass is 32.2. The molecule has 2 aromatic carbocycles. The van der Waals surface area contributed by atoms with Crippen molar-refractivity contribution >= 4 is 29.4 Å². The van der Waals surface area contributed by atoms with Crippen LogP contribution in [0.15, 0.2) is 48.5 Å². The molecule has 2 heterocycles. The van der Waals surface area contributed by atoms with Crippen LogP contribution in [0.2, 0.25) is 0 Å². The number of nitro benzene ring substituents is 1. The Morgan fingerprint density at radius 3 is 2.53 bits per heavy atom. The largest absolute Gasteiger partial charge is 0.497 e. The summed E-state index contributed by atoms with van der Waals surface area (Å²) in [6.07, 6.45) is 0.837. The van der Waals surface area contributed by atoms with Crippen molar-refractivity contribution in [2.75, 3.05) is 26.7 Å². The molecule has 2 N–H and O–H groups in total. The molecule has 2 saturated heterocycles. The number of carbonyl (C=O) groups excluding carboxylic acids is 2. The zero-order valence-electron chi connectivity index (χ0n) is 20.1. The minimum Gasteiger partial charge on any atom is -0.497 e. The Kier molecular flexibility index (Phi) is 8.65. The predicted octanol–water partition coefficient (Wildman–Crippen LogP) is 3.09. The van der Waals surface area contributed by atoms with Crippen molar-refractivity contribution in [2.24, 2.45) is 0 Å². The van der Waals surface area contributed by atoms with Crippen molar-refractivity contribution in [3.05, 3.63) is 69.8 Å². The number of carbonyl (C=O) groups is 2. The van der Waals surface area contributed by atoms with Crippen molar-refractivity contribution in [1.82, 2.24) is 15.5 Å². The van der Waals surface area contributed by atoms with E-state index in [9.17, 15) is 19.7 Å². The predicted molar refractivity (Wildman–Crippen MR) is 136 cm³/mol. The summed E-state index contributed by atoms with van der Waals surface area (Å²) in [6.45, 7) is 1.95. The standard InChI is InChI=1S/C25H30N4O6S/c1-34-21-8-4-18(5-9-21)16-36-22-12-23(24(30)27-19-10-11-26-13-19)28(14-22)25(31)35-15-17-2-6-20(7-3-17)29(32)33/h2-9,19,22-23,26H,10-16H2,1H3,(H,27,30)/t19-,22+,23+/m1/s1. The Balaban J connectivity index is 1.38. The van der Waals surface area contributed by atoms with Gasteiger partial charge in [0.2, 0.25) is 5.91 Å². The number of rotatable bonds is 9. The van der Waals surface area contributed by atoms with Crippen LogP contribution in [0.25, 0.3) is 0 Å². The molecular weight excluding hydrogens is 484 g/mol. The Morgan fingerprint density at radius 1 is 1.17 bits per heavy atom. The van der Waals surface area contributed by atoms with Crippen LogP contribution in [0.4, 0.5) is 10.5 Å². The summed E-state index contributed by atoms with van der Waals surface area (Å²) in [4.78, 5) is 38.0. The van der Waals surface area contributed by atoms with E-state index in [2.05, 4.69) is 10.6 Å². The zero-order valence-corrected chi connectivity index (χ0v) is 20.9. The van der Waals surface area contributed by atoms with Gasteiger partial charge in [0.1, 0.15) is 18.4 Å². The highest BCUT2D eigenvalue weighted by Crippen LogP contribution is 2.31. The lowest BCUT2D eigenvalue weighted by Crippen LogP contribution is -2.49. The minimum absolute atomic E-state index is 0.0283. The van der Waals surface area contributed by atoms with E-state index in [-0.39, 0.29) is 29.5 Å². The zero-order chi connectivity index (χ0) is 25.5. The van der Waals surface area contributed by atoms with Gasteiger partial charge < -0.3 is 20.1 Å². The molecule has 36 heavy (non-hydrogen) atoms. The quantitative estimate of drug-likeness (QED) is 0.387. The molecule has 4 rings (SSSR count). The van der Waals surface area contributed by atoms with Gasteiger partial charge in [-0.2, -0.15) is 11.8 Å². The number of benzene rings is 2. The maximum absolute atomic E-state index is 13.1. The van der Waals surface area contributed by atoms with Gasteiger partial charge in [0.15, 0.2) is 0 Å². The average molecular weight is 515 g/mol. The highest BCUT2D eigenvalue weighted by molar-refractivity contribution is 7.99. The number of nitrogens with one attached hydrogen (secondary N) is 2. The molecule has 2 amide bonds. The fourth-order valence-corrected chi connectivity index (χ4v) is 5.53. The van der Waals surface area contributed by atoms with Crippen molar-refractivity contribution in [3.63, 3.8) is 0 Å². The monoisotopic (exact) mass is 514 g/mol. The van der Waals surface area contributed by atoms with E-state index < -0.39 is 17.1 Å². The minimum atomic E-state index is -0.608. The molecule has 0 spiro atoms. The van der Waals surface area contributed by atoms with E-state index in [0.717, 1.165) is 36.6 Å². The normalized spacial score (nSPS) is 21.2. The molecule has 0 bridgehead atoms. The number of thioether (sulfide) groups is 1. The summed E-state index contributed by atoms with van der Waals surface area (Å²) in [6, 6.07) is 13.2. The van der Waals surface area contributed by atoms with E-state index in [1.807, 2.05) is 24.3 Å². The number of hydrogen-bond donors (Lipinski definition) is 2. The molecule has 0 saturated carbocycles. The Hall–Kier alpha value is -3.31. The van der Waals surface area contributed by atoms with Crippen LogP contribution >= 0.6 is 11.8 Å². The van der Waals surface area contributed by atoms with Gasteiger partial charge in [0.05, 0.1) is 12.0 Å². The molecule has 192 valence electrons. The second kappa shape index (κ2) is 12.1. The third kappa shape index (κ3) is 6.67. The van der Waals surface area contributed by atoms with Crippen LogP contribution in [-0.4, -0.2) is 65.9 Å². The number of nitro groups is 1. The van der Waals surface area contributed by atoms with Crippen molar-refractivity contribution in [2.45, 2.75) is 42.5 Å². The first-order chi connectivity index (χ1) is 17.4. The van der Waals surface area contributed by atoms with E-state index in [0.29, 0.717) is 18.5 Å². The maximum atomic E-state index is 13.1. The summed E-state index contributed by atoms with van der Waals surface area (Å²) < 4.78 is 10.7. The summed E-state index contributed by atoms with van der Waals surface area (Å²) in [5, 5.41) is 17.2. The number of hydrogen-bond acceptors (Lipinski definition) is 8. The highest BCUT2D eigenvalue weighted by Gasteiger charge is 2.41. The van der Waals surface area contributed by atoms with Crippen LogP contribution in [0.3, 0.4) is 0 Å².